The molecule has 0 aromatic carbocycles. The van der Waals surface area contributed by atoms with Crippen LogP contribution in [0.2, 0.25) is 0 Å². The number of sulfonamides is 1. The van der Waals surface area contributed by atoms with E-state index in [2.05, 4.69) is 10.5 Å². The Balaban J connectivity index is 2.50. The lowest BCUT2D eigenvalue weighted by molar-refractivity contribution is -0.128. The summed E-state index contributed by atoms with van der Waals surface area (Å²) in [7, 11) is -3.79. The van der Waals surface area contributed by atoms with Crippen molar-refractivity contribution in [3.05, 3.63) is 11.5 Å². The first-order valence-corrected chi connectivity index (χ1v) is 7.93. The van der Waals surface area contributed by atoms with Crippen molar-refractivity contribution in [2.24, 2.45) is 5.92 Å². The Morgan fingerprint density at radius 2 is 2.05 bits per heavy atom. The van der Waals surface area contributed by atoms with Crippen LogP contribution in [0.5, 0.6) is 0 Å². The van der Waals surface area contributed by atoms with Gasteiger partial charge >= 0.3 is 0 Å². The number of aromatic nitrogens is 1. The van der Waals surface area contributed by atoms with E-state index in [0.29, 0.717) is 12.2 Å². The van der Waals surface area contributed by atoms with Gasteiger partial charge < -0.3 is 9.84 Å². The molecule has 1 aromatic rings. The molecule has 8 heteroatoms. The number of carbonyl (C=O) groups excluding carboxylic acids is 1. The highest BCUT2D eigenvalue weighted by Gasteiger charge is 2.42. The molecule has 2 rings (SSSR count). The summed E-state index contributed by atoms with van der Waals surface area (Å²) in [6.07, 6.45) is 0. The van der Waals surface area contributed by atoms with Crippen molar-refractivity contribution in [3.63, 3.8) is 0 Å². The van der Waals surface area contributed by atoms with E-state index in [1.807, 2.05) is 13.8 Å². The molecule has 1 amide bonds. The summed E-state index contributed by atoms with van der Waals surface area (Å²) in [5.74, 6) is -0.136. The fourth-order valence-corrected chi connectivity index (χ4v) is 4.54. The molecule has 0 bridgehead atoms. The van der Waals surface area contributed by atoms with Gasteiger partial charge in [0, 0.05) is 13.1 Å². The fourth-order valence-electron chi connectivity index (χ4n) is 2.53. The van der Waals surface area contributed by atoms with Gasteiger partial charge in [-0.05, 0) is 19.8 Å². The smallest absolute Gasteiger partial charge is 0.249 e. The first-order valence-electron chi connectivity index (χ1n) is 6.49. The minimum atomic E-state index is -3.79. The molecular formula is C12H19N3O4S. The monoisotopic (exact) mass is 301 g/mol. The number of piperazine rings is 1. The molecule has 1 aliphatic rings. The van der Waals surface area contributed by atoms with Gasteiger partial charge in [0.25, 0.3) is 0 Å². The van der Waals surface area contributed by atoms with E-state index in [9.17, 15) is 13.2 Å². The average Bonchev–Trinajstić information content (AvgIpc) is 2.68. The molecule has 0 saturated carbocycles. The lowest BCUT2D eigenvalue weighted by Crippen LogP contribution is -2.59. The van der Waals surface area contributed by atoms with Gasteiger partial charge in [-0.3, -0.25) is 4.79 Å². The van der Waals surface area contributed by atoms with Gasteiger partial charge in [-0.15, -0.1) is 0 Å². The molecule has 0 aliphatic carbocycles. The molecular weight excluding hydrogens is 282 g/mol. The van der Waals surface area contributed by atoms with Crippen molar-refractivity contribution < 1.29 is 17.7 Å². The Kier molecular flexibility index (Phi) is 3.88. The molecule has 0 radical (unpaired) electrons. The molecule has 112 valence electrons. The summed E-state index contributed by atoms with van der Waals surface area (Å²) in [4.78, 5) is 12.0. The van der Waals surface area contributed by atoms with Crippen molar-refractivity contribution in [2.45, 2.75) is 38.6 Å². The van der Waals surface area contributed by atoms with Crippen LogP contribution < -0.4 is 5.32 Å². The third-order valence-corrected chi connectivity index (χ3v) is 5.50. The third-order valence-electron chi connectivity index (χ3n) is 3.38. The maximum absolute atomic E-state index is 12.8. The highest BCUT2D eigenvalue weighted by Crippen LogP contribution is 2.27. The van der Waals surface area contributed by atoms with E-state index >= 15 is 0 Å². The molecule has 1 N–H and O–H groups in total. The zero-order chi connectivity index (χ0) is 15.1. The molecule has 1 fully saturated rings. The van der Waals surface area contributed by atoms with Crippen molar-refractivity contribution >= 4 is 15.9 Å². The first kappa shape index (κ1) is 15.0. The van der Waals surface area contributed by atoms with Gasteiger partial charge in [-0.25, -0.2) is 8.42 Å². The van der Waals surface area contributed by atoms with E-state index in [1.54, 1.807) is 13.8 Å². The second-order valence-corrected chi connectivity index (χ2v) is 7.08. The summed E-state index contributed by atoms with van der Waals surface area (Å²) in [5, 5.41) is 6.39. The van der Waals surface area contributed by atoms with Crippen LogP contribution in [0, 0.1) is 19.8 Å². The number of amides is 1. The molecule has 1 aromatic heterocycles. The Labute approximate surface area is 118 Å². The lowest BCUT2D eigenvalue weighted by atomic mass is 10.0. The topological polar surface area (TPSA) is 92.5 Å². The zero-order valence-electron chi connectivity index (χ0n) is 12.0. The van der Waals surface area contributed by atoms with Crippen LogP contribution in [0.3, 0.4) is 0 Å². The van der Waals surface area contributed by atoms with Gasteiger partial charge in [0.1, 0.15) is 16.6 Å². The number of rotatable bonds is 3. The molecule has 7 nitrogen and oxygen atoms in total. The van der Waals surface area contributed by atoms with Crippen LogP contribution in [-0.2, 0) is 14.8 Å². The Bertz CT molecular complexity index is 601. The standard InChI is InChI=1S/C12H19N3O4S/c1-7(2)10-12(16)13-5-6-15(10)20(17,18)11-8(3)14-19-9(11)4/h7,10H,5-6H2,1-4H3,(H,13,16). The number of aryl methyl sites for hydroxylation is 2. The molecule has 2 heterocycles. The van der Waals surface area contributed by atoms with Crippen LogP contribution in [0.4, 0.5) is 0 Å². The molecule has 1 aliphatic heterocycles. The summed E-state index contributed by atoms with van der Waals surface area (Å²) in [6, 6.07) is -0.706. The average molecular weight is 301 g/mol. The van der Waals surface area contributed by atoms with Crippen molar-refractivity contribution in [3.8, 4) is 0 Å². The van der Waals surface area contributed by atoms with Crippen LogP contribution in [0.1, 0.15) is 25.3 Å². The number of hydrogen-bond donors (Lipinski definition) is 1. The van der Waals surface area contributed by atoms with Gasteiger partial charge in [-0.1, -0.05) is 19.0 Å². The summed E-state index contributed by atoms with van der Waals surface area (Å²) in [6.45, 7) is 7.35. The summed E-state index contributed by atoms with van der Waals surface area (Å²) in [5.41, 5.74) is 0.316. The molecule has 1 saturated heterocycles. The van der Waals surface area contributed by atoms with Gasteiger partial charge in [0.2, 0.25) is 15.9 Å². The van der Waals surface area contributed by atoms with E-state index < -0.39 is 16.1 Å². The van der Waals surface area contributed by atoms with E-state index in [-0.39, 0.29) is 29.0 Å². The largest absolute Gasteiger partial charge is 0.360 e. The number of nitrogens with one attached hydrogen (secondary N) is 1. The Morgan fingerprint density at radius 1 is 1.40 bits per heavy atom. The Hall–Kier alpha value is -1.41. The quantitative estimate of drug-likeness (QED) is 0.874. The van der Waals surface area contributed by atoms with Crippen LogP contribution in [0.25, 0.3) is 0 Å². The second kappa shape index (κ2) is 5.17. The normalized spacial score (nSPS) is 21.2. The van der Waals surface area contributed by atoms with E-state index in [0.717, 1.165) is 0 Å². The lowest BCUT2D eigenvalue weighted by Gasteiger charge is -2.36. The molecule has 1 atom stereocenters. The van der Waals surface area contributed by atoms with Crippen LogP contribution in [0.15, 0.2) is 9.42 Å². The van der Waals surface area contributed by atoms with Crippen molar-refractivity contribution in [1.29, 1.82) is 0 Å². The molecule has 20 heavy (non-hydrogen) atoms. The number of nitrogens with zero attached hydrogens (tertiary/aromatic N) is 2. The fraction of sp³-hybridized carbons (Fsp3) is 0.667. The van der Waals surface area contributed by atoms with Gasteiger partial charge in [0.15, 0.2) is 5.76 Å². The summed E-state index contributed by atoms with van der Waals surface area (Å²) < 4.78 is 31.8. The van der Waals surface area contributed by atoms with Crippen LogP contribution >= 0.6 is 0 Å². The van der Waals surface area contributed by atoms with Gasteiger partial charge in [0.05, 0.1) is 0 Å². The molecule has 0 spiro atoms. The van der Waals surface area contributed by atoms with Crippen molar-refractivity contribution in [2.75, 3.05) is 13.1 Å². The number of carbonyl (C=O) groups is 1. The minimum absolute atomic E-state index is 0.0675. The highest BCUT2D eigenvalue weighted by molar-refractivity contribution is 7.89. The summed E-state index contributed by atoms with van der Waals surface area (Å²) >= 11 is 0. The number of hydrogen-bond acceptors (Lipinski definition) is 5. The van der Waals surface area contributed by atoms with E-state index in [1.165, 1.54) is 4.31 Å². The van der Waals surface area contributed by atoms with Crippen molar-refractivity contribution in [1.82, 2.24) is 14.8 Å². The third kappa shape index (κ3) is 2.33. The second-order valence-electron chi connectivity index (χ2n) is 5.25. The first-order chi connectivity index (χ1) is 9.26. The molecule has 1 unspecified atom stereocenters. The maximum Gasteiger partial charge on any atom is 0.249 e. The predicted octanol–water partition coefficient (Wildman–Crippen LogP) is 0.437. The minimum Gasteiger partial charge on any atom is -0.360 e. The SMILES string of the molecule is Cc1noc(C)c1S(=O)(=O)N1CCNC(=O)C1C(C)C. The highest BCUT2D eigenvalue weighted by atomic mass is 32.2. The van der Waals surface area contributed by atoms with E-state index in [4.69, 9.17) is 4.52 Å². The van der Waals surface area contributed by atoms with Crippen LogP contribution in [-0.4, -0.2) is 42.9 Å². The van der Waals surface area contributed by atoms with Gasteiger partial charge in [-0.2, -0.15) is 4.31 Å². The zero-order valence-corrected chi connectivity index (χ0v) is 12.8. The maximum atomic E-state index is 12.8. The Morgan fingerprint density at radius 3 is 2.55 bits per heavy atom. The predicted molar refractivity (Wildman–Crippen MR) is 71.5 cm³/mol.